The summed E-state index contributed by atoms with van der Waals surface area (Å²) in [5.41, 5.74) is 0. The fraction of sp³-hybridized carbons (Fsp3) is 0.938. The molecule has 0 aromatic heterocycles. The minimum absolute atomic E-state index is 0.349. The van der Waals surface area contributed by atoms with Gasteiger partial charge in [-0.25, -0.2) is 0 Å². The molecule has 1 saturated heterocycles. The lowest BCUT2D eigenvalue weighted by molar-refractivity contribution is -0.135. The second-order valence-electron chi connectivity index (χ2n) is 6.30. The van der Waals surface area contributed by atoms with Crippen molar-refractivity contribution in [3.63, 3.8) is 0 Å². The molecule has 1 atom stereocenters. The van der Waals surface area contributed by atoms with Crippen molar-refractivity contribution >= 4 is 5.91 Å². The van der Waals surface area contributed by atoms with Crippen LogP contribution in [-0.4, -0.2) is 61.0 Å². The molecule has 1 aliphatic carbocycles. The Kier molecular flexibility index (Phi) is 6.30. The van der Waals surface area contributed by atoms with E-state index in [0.717, 1.165) is 19.6 Å². The van der Waals surface area contributed by atoms with Crippen LogP contribution in [0.25, 0.3) is 0 Å². The van der Waals surface area contributed by atoms with Crippen molar-refractivity contribution in [1.29, 1.82) is 0 Å². The average Bonchev–Trinajstić information content (AvgIpc) is 2.88. The lowest BCUT2D eigenvalue weighted by Crippen LogP contribution is -2.48. The second kappa shape index (κ2) is 7.99. The Morgan fingerprint density at radius 1 is 1.20 bits per heavy atom. The van der Waals surface area contributed by atoms with E-state index in [9.17, 15) is 4.79 Å². The van der Waals surface area contributed by atoms with Crippen molar-refractivity contribution < 1.29 is 4.79 Å². The number of rotatable bonds is 6. The molecule has 0 aromatic rings. The van der Waals surface area contributed by atoms with Gasteiger partial charge in [0.1, 0.15) is 0 Å². The van der Waals surface area contributed by atoms with E-state index in [1.807, 2.05) is 7.05 Å². The molecule has 0 spiro atoms. The summed E-state index contributed by atoms with van der Waals surface area (Å²) in [5, 5.41) is 3.25. The highest BCUT2D eigenvalue weighted by Gasteiger charge is 2.29. The first-order valence-electron chi connectivity index (χ1n) is 8.44. The third-order valence-corrected chi connectivity index (χ3v) is 4.95. The van der Waals surface area contributed by atoms with E-state index in [1.165, 1.54) is 44.9 Å². The zero-order valence-electron chi connectivity index (χ0n) is 13.2. The summed E-state index contributed by atoms with van der Waals surface area (Å²) in [6.45, 7) is 5.70. The number of hydrogen-bond acceptors (Lipinski definition) is 3. The first-order valence-corrected chi connectivity index (χ1v) is 8.44. The molecule has 0 radical (unpaired) electrons. The van der Waals surface area contributed by atoms with Gasteiger partial charge in [0.05, 0.1) is 6.54 Å². The molecule has 0 bridgehead atoms. The molecule has 1 unspecified atom stereocenters. The van der Waals surface area contributed by atoms with Crippen LogP contribution >= 0.6 is 0 Å². The largest absolute Gasteiger partial charge is 0.339 e. The molecule has 2 fully saturated rings. The van der Waals surface area contributed by atoms with Crippen molar-refractivity contribution in [2.75, 3.05) is 33.2 Å². The topological polar surface area (TPSA) is 35.6 Å². The lowest BCUT2D eigenvalue weighted by atomic mass is 9.94. The first-order chi connectivity index (χ1) is 9.76. The lowest BCUT2D eigenvalue weighted by Gasteiger charge is -2.35. The molecule has 0 aromatic carbocycles. The summed E-state index contributed by atoms with van der Waals surface area (Å²) >= 11 is 0. The molecule has 1 saturated carbocycles. The van der Waals surface area contributed by atoms with Crippen molar-refractivity contribution in [1.82, 2.24) is 15.1 Å². The van der Waals surface area contributed by atoms with Crippen LogP contribution in [0, 0.1) is 0 Å². The highest BCUT2D eigenvalue weighted by Crippen LogP contribution is 2.23. The van der Waals surface area contributed by atoms with Crippen molar-refractivity contribution in [3.8, 4) is 0 Å². The van der Waals surface area contributed by atoms with Crippen LogP contribution < -0.4 is 5.32 Å². The quantitative estimate of drug-likeness (QED) is 0.807. The zero-order valence-corrected chi connectivity index (χ0v) is 13.2. The van der Waals surface area contributed by atoms with Gasteiger partial charge in [-0.3, -0.25) is 9.69 Å². The average molecular weight is 281 g/mol. The van der Waals surface area contributed by atoms with Gasteiger partial charge in [-0.2, -0.15) is 0 Å². The highest BCUT2D eigenvalue weighted by atomic mass is 16.2. The summed E-state index contributed by atoms with van der Waals surface area (Å²) in [4.78, 5) is 17.2. The fourth-order valence-corrected chi connectivity index (χ4v) is 3.87. The summed E-state index contributed by atoms with van der Waals surface area (Å²) in [7, 11) is 2.00. The van der Waals surface area contributed by atoms with Crippen LogP contribution in [0.3, 0.4) is 0 Å². The van der Waals surface area contributed by atoms with Crippen molar-refractivity contribution in [2.24, 2.45) is 0 Å². The molecular formula is C16H31N3O. The number of carbonyl (C=O) groups is 1. The Labute approximate surface area is 123 Å². The Morgan fingerprint density at radius 3 is 2.60 bits per heavy atom. The number of carbonyl (C=O) groups excluding carboxylic acids is 1. The van der Waals surface area contributed by atoms with Gasteiger partial charge in [-0.15, -0.1) is 0 Å². The molecule has 1 amide bonds. The van der Waals surface area contributed by atoms with Gasteiger partial charge in [-0.05, 0) is 46.2 Å². The van der Waals surface area contributed by atoms with Crippen LogP contribution in [0.5, 0.6) is 0 Å². The molecule has 20 heavy (non-hydrogen) atoms. The standard InChI is InChI=1S/C16H31N3O/c1-3-19(14-8-5-4-6-9-14)16(20)13-18-11-7-10-15(18)12-17-2/h14-15,17H,3-13H2,1-2H3. The van der Waals surface area contributed by atoms with E-state index < -0.39 is 0 Å². The van der Waals surface area contributed by atoms with E-state index in [2.05, 4.69) is 22.0 Å². The van der Waals surface area contributed by atoms with Gasteiger partial charge >= 0.3 is 0 Å². The summed E-state index contributed by atoms with van der Waals surface area (Å²) in [6, 6.07) is 1.06. The molecule has 4 heteroatoms. The Bertz CT molecular complexity index is 302. The summed E-state index contributed by atoms with van der Waals surface area (Å²) < 4.78 is 0. The van der Waals surface area contributed by atoms with Crippen molar-refractivity contribution in [2.45, 2.75) is 64.0 Å². The van der Waals surface area contributed by atoms with Crippen LogP contribution in [0.2, 0.25) is 0 Å². The molecule has 1 heterocycles. The van der Waals surface area contributed by atoms with E-state index in [1.54, 1.807) is 0 Å². The number of nitrogens with zero attached hydrogens (tertiary/aromatic N) is 2. The molecule has 2 aliphatic rings. The second-order valence-corrected chi connectivity index (χ2v) is 6.30. The SMILES string of the molecule is CCN(C(=O)CN1CCCC1CNC)C1CCCCC1. The Morgan fingerprint density at radius 2 is 1.95 bits per heavy atom. The zero-order chi connectivity index (χ0) is 14.4. The van der Waals surface area contributed by atoms with E-state index in [-0.39, 0.29) is 0 Å². The van der Waals surface area contributed by atoms with Crippen LogP contribution in [0.1, 0.15) is 51.9 Å². The van der Waals surface area contributed by atoms with E-state index >= 15 is 0 Å². The van der Waals surface area contributed by atoms with Gasteiger partial charge in [0.2, 0.25) is 5.91 Å². The fourth-order valence-electron chi connectivity index (χ4n) is 3.87. The van der Waals surface area contributed by atoms with Gasteiger partial charge < -0.3 is 10.2 Å². The monoisotopic (exact) mass is 281 g/mol. The molecule has 4 nitrogen and oxygen atoms in total. The van der Waals surface area contributed by atoms with Crippen LogP contribution in [0.4, 0.5) is 0 Å². The van der Waals surface area contributed by atoms with Crippen LogP contribution in [0.15, 0.2) is 0 Å². The summed E-state index contributed by atoms with van der Waals surface area (Å²) in [6.07, 6.45) is 8.80. The predicted octanol–water partition coefficient (Wildman–Crippen LogP) is 1.85. The van der Waals surface area contributed by atoms with Gasteiger partial charge in [0, 0.05) is 25.2 Å². The number of nitrogens with one attached hydrogen (secondary N) is 1. The highest BCUT2D eigenvalue weighted by molar-refractivity contribution is 5.78. The van der Waals surface area contributed by atoms with Gasteiger partial charge in [0.15, 0.2) is 0 Å². The molecule has 2 rings (SSSR count). The maximum absolute atomic E-state index is 12.6. The molecule has 1 aliphatic heterocycles. The first kappa shape index (κ1) is 15.8. The minimum Gasteiger partial charge on any atom is -0.339 e. The minimum atomic E-state index is 0.349. The van der Waals surface area contributed by atoms with Crippen LogP contribution in [-0.2, 0) is 4.79 Å². The normalized spacial score (nSPS) is 25.0. The van der Waals surface area contributed by atoms with Crippen molar-refractivity contribution in [3.05, 3.63) is 0 Å². The molecule has 1 N–H and O–H groups in total. The third-order valence-electron chi connectivity index (χ3n) is 4.95. The Balaban J connectivity index is 1.88. The predicted molar refractivity (Wildman–Crippen MR) is 82.8 cm³/mol. The molecule has 116 valence electrons. The maximum atomic E-state index is 12.6. The molecular weight excluding hydrogens is 250 g/mol. The summed E-state index contributed by atoms with van der Waals surface area (Å²) in [5.74, 6) is 0.349. The van der Waals surface area contributed by atoms with Gasteiger partial charge in [0.25, 0.3) is 0 Å². The Hall–Kier alpha value is -0.610. The third kappa shape index (κ3) is 3.95. The van der Waals surface area contributed by atoms with E-state index in [4.69, 9.17) is 0 Å². The number of amides is 1. The van der Waals surface area contributed by atoms with E-state index in [0.29, 0.717) is 24.5 Å². The number of likely N-dealkylation sites (N-methyl/N-ethyl adjacent to an activating group) is 2. The smallest absolute Gasteiger partial charge is 0.236 e. The van der Waals surface area contributed by atoms with Gasteiger partial charge in [-0.1, -0.05) is 19.3 Å². The maximum Gasteiger partial charge on any atom is 0.236 e. The number of likely N-dealkylation sites (tertiary alicyclic amines) is 1. The number of hydrogen-bond donors (Lipinski definition) is 1.